The van der Waals surface area contributed by atoms with Crippen molar-refractivity contribution in [2.24, 2.45) is 0 Å². The minimum atomic E-state index is -4.11. The van der Waals surface area contributed by atoms with E-state index < -0.39 is 22.5 Å². The van der Waals surface area contributed by atoms with Gasteiger partial charge in [-0.05, 0) is 57.2 Å². The third-order valence-electron chi connectivity index (χ3n) is 4.92. The summed E-state index contributed by atoms with van der Waals surface area (Å²) < 4.78 is 33.9. The Labute approximate surface area is 206 Å². The topological polar surface area (TPSA) is 105 Å². The molecule has 2 N–H and O–H groups in total. The molecular formula is C26H29N3O5S. The van der Waals surface area contributed by atoms with Gasteiger partial charge in [0.2, 0.25) is 5.91 Å². The molecule has 0 unspecified atom stereocenters. The SMILES string of the molecule is CCOc1ccccc1N(CC(=O)Nc1ccccc1C(=O)NC(C)C)S(=O)(=O)c1ccccc1. The molecule has 9 heteroatoms. The van der Waals surface area contributed by atoms with E-state index in [9.17, 15) is 18.0 Å². The second kappa shape index (κ2) is 11.5. The van der Waals surface area contributed by atoms with Gasteiger partial charge in [-0.3, -0.25) is 13.9 Å². The summed E-state index contributed by atoms with van der Waals surface area (Å²) in [6, 6.07) is 21.0. The van der Waals surface area contributed by atoms with Crippen molar-refractivity contribution in [3.05, 3.63) is 84.4 Å². The first kappa shape index (κ1) is 25.8. The lowest BCUT2D eigenvalue weighted by molar-refractivity contribution is -0.114. The van der Waals surface area contributed by atoms with E-state index in [1.54, 1.807) is 73.7 Å². The van der Waals surface area contributed by atoms with Crippen LogP contribution in [0.1, 0.15) is 31.1 Å². The molecule has 0 heterocycles. The summed E-state index contributed by atoms with van der Waals surface area (Å²) in [6.07, 6.45) is 0. The van der Waals surface area contributed by atoms with Crippen molar-refractivity contribution in [1.29, 1.82) is 0 Å². The molecule has 0 aromatic heterocycles. The molecule has 0 aliphatic rings. The van der Waals surface area contributed by atoms with E-state index in [1.807, 2.05) is 13.8 Å². The Kier molecular flexibility index (Phi) is 8.48. The minimum absolute atomic E-state index is 0.0378. The number of amides is 2. The predicted octanol–water partition coefficient (Wildman–Crippen LogP) is 4.06. The largest absolute Gasteiger partial charge is 0.492 e. The second-order valence-corrected chi connectivity index (χ2v) is 9.81. The highest BCUT2D eigenvalue weighted by atomic mass is 32.2. The molecule has 0 radical (unpaired) electrons. The van der Waals surface area contributed by atoms with Crippen LogP contribution in [0.2, 0.25) is 0 Å². The Morgan fingerprint density at radius 3 is 2.23 bits per heavy atom. The Morgan fingerprint density at radius 1 is 0.914 bits per heavy atom. The zero-order valence-corrected chi connectivity index (χ0v) is 20.7. The second-order valence-electron chi connectivity index (χ2n) is 7.95. The fourth-order valence-corrected chi connectivity index (χ4v) is 4.86. The van der Waals surface area contributed by atoms with Gasteiger partial charge in [-0.2, -0.15) is 0 Å². The maximum Gasteiger partial charge on any atom is 0.264 e. The van der Waals surface area contributed by atoms with Crippen LogP contribution in [0.25, 0.3) is 0 Å². The number of hydrogen-bond acceptors (Lipinski definition) is 5. The van der Waals surface area contributed by atoms with E-state index in [0.717, 1.165) is 4.31 Å². The van der Waals surface area contributed by atoms with E-state index in [0.29, 0.717) is 12.4 Å². The fourth-order valence-electron chi connectivity index (χ4n) is 3.41. The van der Waals surface area contributed by atoms with E-state index >= 15 is 0 Å². The highest BCUT2D eigenvalue weighted by Crippen LogP contribution is 2.32. The van der Waals surface area contributed by atoms with Crippen LogP contribution >= 0.6 is 0 Å². The molecule has 3 aromatic carbocycles. The van der Waals surface area contributed by atoms with Crippen LogP contribution in [0.4, 0.5) is 11.4 Å². The monoisotopic (exact) mass is 495 g/mol. The number of ether oxygens (including phenoxy) is 1. The number of benzene rings is 3. The zero-order chi connectivity index (χ0) is 25.4. The zero-order valence-electron chi connectivity index (χ0n) is 19.9. The molecule has 0 saturated carbocycles. The highest BCUT2D eigenvalue weighted by Gasteiger charge is 2.29. The van der Waals surface area contributed by atoms with Crippen molar-refractivity contribution in [2.75, 3.05) is 22.8 Å². The molecule has 35 heavy (non-hydrogen) atoms. The molecular weight excluding hydrogens is 466 g/mol. The van der Waals surface area contributed by atoms with Crippen molar-refractivity contribution in [2.45, 2.75) is 31.7 Å². The number of rotatable bonds is 10. The van der Waals surface area contributed by atoms with Gasteiger partial charge in [0, 0.05) is 6.04 Å². The first-order chi connectivity index (χ1) is 16.7. The molecule has 0 aliphatic heterocycles. The quantitative estimate of drug-likeness (QED) is 0.441. The molecule has 184 valence electrons. The number of nitrogens with zero attached hydrogens (tertiary/aromatic N) is 1. The lowest BCUT2D eigenvalue weighted by Gasteiger charge is -2.26. The van der Waals surface area contributed by atoms with Gasteiger partial charge >= 0.3 is 0 Å². The predicted molar refractivity (Wildman–Crippen MR) is 136 cm³/mol. The molecule has 3 aromatic rings. The van der Waals surface area contributed by atoms with Gasteiger partial charge in [0.25, 0.3) is 15.9 Å². The molecule has 0 saturated heterocycles. The maximum atomic E-state index is 13.6. The van der Waals surface area contributed by atoms with Crippen molar-refractivity contribution >= 4 is 33.2 Å². The van der Waals surface area contributed by atoms with Crippen molar-refractivity contribution in [1.82, 2.24) is 5.32 Å². The number of para-hydroxylation sites is 3. The average Bonchev–Trinajstić information content (AvgIpc) is 2.83. The number of nitrogens with one attached hydrogen (secondary N) is 2. The number of sulfonamides is 1. The lowest BCUT2D eigenvalue weighted by Crippen LogP contribution is -2.39. The van der Waals surface area contributed by atoms with Crippen LogP contribution in [0.5, 0.6) is 5.75 Å². The maximum absolute atomic E-state index is 13.6. The number of carbonyl (C=O) groups is 2. The van der Waals surface area contributed by atoms with Crippen LogP contribution in [0, 0.1) is 0 Å². The van der Waals surface area contributed by atoms with Crippen molar-refractivity contribution in [3.63, 3.8) is 0 Å². The molecule has 0 atom stereocenters. The summed E-state index contributed by atoms with van der Waals surface area (Å²) in [6.45, 7) is 5.25. The Hall–Kier alpha value is -3.85. The van der Waals surface area contributed by atoms with Gasteiger partial charge in [-0.1, -0.05) is 42.5 Å². The molecule has 0 fully saturated rings. The first-order valence-corrected chi connectivity index (χ1v) is 12.7. The minimum Gasteiger partial charge on any atom is -0.492 e. The molecule has 0 bridgehead atoms. The highest BCUT2D eigenvalue weighted by molar-refractivity contribution is 7.92. The third kappa shape index (κ3) is 6.39. The number of carbonyl (C=O) groups excluding carboxylic acids is 2. The molecule has 3 rings (SSSR count). The summed E-state index contributed by atoms with van der Waals surface area (Å²) in [5.74, 6) is -0.619. The van der Waals surface area contributed by atoms with Gasteiger partial charge in [0.05, 0.1) is 28.4 Å². The van der Waals surface area contributed by atoms with Gasteiger partial charge < -0.3 is 15.4 Å². The standard InChI is InChI=1S/C26H29N3O5S/c1-4-34-24-17-11-10-16-23(24)29(35(32,33)20-12-6-5-7-13-20)18-25(30)28-22-15-9-8-14-21(22)26(31)27-19(2)3/h5-17,19H,4,18H2,1-3H3,(H,27,31)(H,28,30). The van der Waals surface area contributed by atoms with Crippen LogP contribution in [-0.2, 0) is 14.8 Å². The van der Waals surface area contributed by atoms with Crippen LogP contribution in [-0.4, -0.2) is 39.4 Å². The summed E-state index contributed by atoms with van der Waals surface area (Å²) >= 11 is 0. The molecule has 2 amide bonds. The van der Waals surface area contributed by atoms with E-state index in [-0.39, 0.29) is 33.8 Å². The van der Waals surface area contributed by atoms with Gasteiger partial charge in [-0.15, -0.1) is 0 Å². The van der Waals surface area contributed by atoms with Crippen molar-refractivity contribution in [3.8, 4) is 5.75 Å². The van der Waals surface area contributed by atoms with Crippen molar-refractivity contribution < 1.29 is 22.7 Å². The molecule has 8 nitrogen and oxygen atoms in total. The number of anilines is 2. The van der Waals surface area contributed by atoms with E-state index in [2.05, 4.69) is 10.6 Å². The van der Waals surface area contributed by atoms with E-state index in [1.165, 1.54) is 12.1 Å². The van der Waals surface area contributed by atoms with Crippen LogP contribution < -0.4 is 19.7 Å². The van der Waals surface area contributed by atoms with Crippen LogP contribution in [0.3, 0.4) is 0 Å². The smallest absolute Gasteiger partial charge is 0.264 e. The summed E-state index contributed by atoms with van der Waals surface area (Å²) in [4.78, 5) is 25.8. The normalized spacial score (nSPS) is 11.1. The third-order valence-corrected chi connectivity index (χ3v) is 6.69. The summed E-state index contributed by atoms with van der Waals surface area (Å²) in [5.41, 5.74) is 0.798. The number of hydrogen-bond donors (Lipinski definition) is 2. The van der Waals surface area contributed by atoms with Gasteiger partial charge in [-0.25, -0.2) is 8.42 Å². The summed E-state index contributed by atoms with van der Waals surface area (Å²) in [7, 11) is -4.11. The molecule has 0 aliphatic carbocycles. The van der Waals surface area contributed by atoms with Gasteiger partial charge in [0.15, 0.2) is 0 Å². The lowest BCUT2D eigenvalue weighted by atomic mass is 10.1. The molecule has 0 spiro atoms. The average molecular weight is 496 g/mol. The first-order valence-electron chi connectivity index (χ1n) is 11.2. The van der Waals surface area contributed by atoms with Crippen LogP contribution in [0.15, 0.2) is 83.8 Å². The summed E-state index contributed by atoms with van der Waals surface area (Å²) in [5, 5.41) is 5.49. The Balaban J connectivity index is 1.97. The Morgan fingerprint density at radius 2 is 1.54 bits per heavy atom. The Bertz CT molecular complexity index is 1280. The van der Waals surface area contributed by atoms with Gasteiger partial charge in [0.1, 0.15) is 12.3 Å². The van der Waals surface area contributed by atoms with E-state index in [4.69, 9.17) is 4.74 Å². The fraction of sp³-hybridized carbons (Fsp3) is 0.231.